The van der Waals surface area contributed by atoms with Gasteiger partial charge in [0.15, 0.2) is 0 Å². The van der Waals surface area contributed by atoms with Gasteiger partial charge in [-0.15, -0.1) is 11.3 Å². The van der Waals surface area contributed by atoms with Gasteiger partial charge in [0.05, 0.1) is 19.1 Å². The van der Waals surface area contributed by atoms with Crippen LogP contribution in [0.25, 0.3) is 10.8 Å². The third-order valence-corrected chi connectivity index (χ3v) is 7.42. The molecule has 0 bridgehead atoms. The first-order valence-electron chi connectivity index (χ1n) is 11.5. The highest BCUT2D eigenvalue weighted by molar-refractivity contribution is 7.17. The number of thiophene rings is 1. The number of carbonyl (C=O) groups excluding carboxylic acids is 2. The zero-order valence-corrected chi connectivity index (χ0v) is 19.8. The van der Waals surface area contributed by atoms with Crippen LogP contribution in [0.1, 0.15) is 39.2 Å². The van der Waals surface area contributed by atoms with E-state index >= 15 is 0 Å². The van der Waals surface area contributed by atoms with Crippen LogP contribution in [0.2, 0.25) is 0 Å². The molecule has 5 nitrogen and oxygen atoms in total. The molecule has 0 saturated heterocycles. The summed E-state index contributed by atoms with van der Waals surface area (Å²) in [5.74, 6) is 0.445. The lowest BCUT2D eigenvalue weighted by Gasteiger charge is -2.14. The summed E-state index contributed by atoms with van der Waals surface area (Å²) < 4.78 is 5.19. The first kappa shape index (κ1) is 22.2. The highest BCUT2D eigenvalue weighted by Gasteiger charge is 2.26. The molecule has 5 rings (SSSR count). The summed E-state index contributed by atoms with van der Waals surface area (Å²) in [6.07, 6.45) is 4.20. The molecule has 6 heteroatoms. The molecule has 0 aliphatic heterocycles. The number of rotatable bonds is 6. The molecule has 0 unspecified atom stereocenters. The Morgan fingerprint density at radius 2 is 1.68 bits per heavy atom. The Hall–Kier alpha value is -3.64. The van der Waals surface area contributed by atoms with E-state index in [9.17, 15) is 9.59 Å². The molecule has 0 atom stereocenters. The van der Waals surface area contributed by atoms with Gasteiger partial charge in [0.1, 0.15) is 10.8 Å². The van der Waals surface area contributed by atoms with E-state index in [0.29, 0.717) is 10.6 Å². The number of amides is 2. The molecule has 1 aromatic heterocycles. The van der Waals surface area contributed by atoms with Crippen LogP contribution in [0, 0.1) is 0 Å². The predicted octanol–water partition coefficient (Wildman–Crippen LogP) is 6.22. The van der Waals surface area contributed by atoms with E-state index in [4.69, 9.17) is 4.74 Å². The number of carbonyl (C=O) groups is 2. The van der Waals surface area contributed by atoms with E-state index in [2.05, 4.69) is 10.6 Å². The molecule has 1 aliphatic rings. The summed E-state index contributed by atoms with van der Waals surface area (Å²) in [7, 11) is 1.62. The number of ether oxygens (including phenoxy) is 1. The smallest absolute Gasteiger partial charge is 0.258 e. The fourth-order valence-corrected chi connectivity index (χ4v) is 5.82. The second-order valence-corrected chi connectivity index (χ2v) is 9.57. The van der Waals surface area contributed by atoms with Crippen molar-refractivity contribution in [3.8, 4) is 5.75 Å². The van der Waals surface area contributed by atoms with Crippen molar-refractivity contribution in [1.82, 2.24) is 0 Å². The number of anilines is 2. The number of methoxy groups -OCH3 is 1. The van der Waals surface area contributed by atoms with Crippen molar-refractivity contribution in [3.05, 3.63) is 88.3 Å². The standard InChI is InChI=1S/C28H26N2O3S/c1-33-20-15-13-18(14-16-20)17-25(31)30-28-26(22-10-4-5-12-24(22)34-28)27(32)29-23-11-6-8-19-7-2-3-9-21(19)23/h2-3,6-9,11,13-16H,4-5,10,12,17H2,1H3,(H,29,32)(H,30,31). The predicted molar refractivity (Wildman–Crippen MR) is 138 cm³/mol. The van der Waals surface area contributed by atoms with Crippen LogP contribution in [-0.4, -0.2) is 18.9 Å². The van der Waals surface area contributed by atoms with Crippen LogP contribution in [0.3, 0.4) is 0 Å². The Bertz CT molecular complexity index is 1350. The summed E-state index contributed by atoms with van der Waals surface area (Å²) in [5.41, 5.74) is 3.35. The zero-order chi connectivity index (χ0) is 23.5. The highest BCUT2D eigenvalue weighted by Crippen LogP contribution is 2.39. The number of aryl methyl sites for hydroxylation is 1. The van der Waals surface area contributed by atoms with Crippen LogP contribution < -0.4 is 15.4 Å². The van der Waals surface area contributed by atoms with Crippen LogP contribution in [0.4, 0.5) is 10.7 Å². The Balaban J connectivity index is 1.41. The molecule has 1 aliphatic carbocycles. The fourth-order valence-electron chi connectivity index (χ4n) is 4.51. The largest absolute Gasteiger partial charge is 0.497 e. The number of nitrogens with one attached hydrogen (secondary N) is 2. The number of hydrogen-bond donors (Lipinski definition) is 2. The van der Waals surface area contributed by atoms with Crippen molar-refractivity contribution < 1.29 is 14.3 Å². The van der Waals surface area contributed by atoms with Crippen molar-refractivity contribution in [2.75, 3.05) is 17.7 Å². The van der Waals surface area contributed by atoms with Gasteiger partial charge in [-0.1, -0.05) is 48.5 Å². The number of hydrogen-bond acceptors (Lipinski definition) is 4. The first-order chi connectivity index (χ1) is 16.6. The van der Waals surface area contributed by atoms with Gasteiger partial charge in [-0.2, -0.15) is 0 Å². The van der Waals surface area contributed by atoms with Gasteiger partial charge in [0.25, 0.3) is 5.91 Å². The van der Waals surface area contributed by atoms with Gasteiger partial charge >= 0.3 is 0 Å². The third-order valence-electron chi connectivity index (χ3n) is 6.21. The topological polar surface area (TPSA) is 67.4 Å². The SMILES string of the molecule is COc1ccc(CC(=O)Nc2sc3c(c2C(=O)Nc2cccc4ccccc24)CCCC3)cc1. The van der Waals surface area contributed by atoms with Gasteiger partial charge < -0.3 is 15.4 Å². The Kier molecular flexibility index (Phi) is 6.32. The molecular formula is C28H26N2O3S. The molecule has 3 aromatic carbocycles. The monoisotopic (exact) mass is 470 g/mol. The van der Waals surface area contributed by atoms with Crippen molar-refractivity contribution in [3.63, 3.8) is 0 Å². The Labute approximate surface area is 202 Å². The molecule has 1 heterocycles. The van der Waals surface area contributed by atoms with E-state index in [0.717, 1.165) is 59.0 Å². The van der Waals surface area contributed by atoms with Crippen molar-refractivity contribution >= 4 is 44.6 Å². The molecule has 0 spiro atoms. The number of fused-ring (bicyclic) bond motifs is 2. The molecule has 0 radical (unpaired) electrons. The summed E-state index contributed by atoms with van der Waals surface area (Å²) in [4.78, 5) is 27.6. The van der Waals surface area contributed by atoms with Gasteiger partial charge in [0.2, 0.25) is 5.91 Å². The molecule has 4 aromatic rings. The van der Waals surface area contributed by atoms with Gasteiger partial charge in [-0.3, -0.25) is 9.59 Å². The van der Waals surface area contributed by atoms with E-state index in [1.54, 1.807) is 7.11 Å². The molecule has 34 heavy (non-hydrogen) atoms. The van der Waals surface area contributed by atoms with E-state index in [1.165, 1.54) is 16.2 Å². The molecular weight excluding hydrogens is 444 g/mol. The Morgan fingerprint density at radius 1 is 0.912 bits per heavy atom. The summed E-state index contributed by atoms with van der Waals surface area (Å²) >= 11 is 1.54. The first-order valence-corrected chi connectivity index (χ1v) is 12.3. The van der Waals surface area contributed by atoms with E-state index < -0.39 is 0 Å². The molecule has 0 saturated carbocycles. The lowest BCUT2D eigenvalue weighted by molar-refractivity contribution is -0.115. The molecule has 2 N–H and O–H groups in total. The van der Waals surface area contributed by atoms with Crippen LogP contribution in [0.5, 0.6) is 5.75 Å². The zero-order valence-electron chi connectivity index (χ0n) is 19.0. The van der Waals surface area contributed by atoms with Crippen molar-refractivity contribution in [1.29, 1.82) is 0 Å². The van der Waals surface area contributed by atoms with E-state index in [1.807, 2.05) is 66.7 Å². The van der Waals surface area contributed by atoms with Crippen molar-refractivity contribution in [2.45, 2.75) is 32.1 Å². The Morgan fingerprint density at radius 3 is 2.50 bits per heavy atom. The highest BCUT2D eigenvalue weighted by atomic mass is 32.1. The number of benzene rings is 3. The minimum absolute atomic E-state index is 0.136. The van der Waals surface area contributed by atoms with Gasteiger partial charge in [-0.25, -0.2) is 0 Å². The third kappa shape index (κ3) is 4.54. The van der Waals surface area contributed by atoms with Crippen LogP contribution >= 0.6 is 11.3 Å². The summed E-state index contributed by atoms with van der Waals surface area (Å²) in [5, 5.41) is 8.86. The minimum Gasteiger partial charge on any atom is -0.497 e. The lowest BCUT2D eigenvalue weighted by Crippen LogP contribution is -2.19. The van der Waals surface area contributed by atoms with Crippen LogP contribution in [-0.2, 0) is 24.1 Å². The van der Waals surface area contributed by atoms with Crippen LogP contribution in [0.15, 0.2) is 66.7 Å². The summed E-state index contributed by atoms with van der Waals surface area (Å²) in [6, 6.07) is 21.3. The molecule has 2 amide bonds. The minimum atomic E-state index is -0.171. The average molecular weight is 471 g/mol. The fraction of sp³-hybridized carbons (Fsp3) is 0.214. The maximum absolute atomic E-state index is 13.6. The van der Waals surface area contributed by atoms with E-state index in [-0.39, 0.29) is 18.2 Å². The second kappa shape index (κ2) is 9.69. The maximum atomic E-state index is 13.6. The second-order valence-electron chi connectivity index (χ2n) is 8.47. The normalized spacial score (nSPS) is 12.7. The van der Waals surface area contributed by atoms with Crippen molar-refractivity contribution in [2.24, 2.45) is 0 Å². The quantitative estimate of drug-likeness (QED) is 0.351. The summed E-state index contributed by atoms with van der Waals surface area (Å²) in [6.45, 7) is 0. The lowest BCUT2D eigenvalue weighted by atomic mass is 9.95. The average Bonchev–Trinajstić information content (AvgIpc) is 3.22. The molecule has 0 fully saturated rings. The van der Waals surface area contributed by atoms with Gasteiger partial charge in [-0.05, 0) is 60.4 Å². The maximum Gasteiger partial charge on any atom is 0.258 e. The van der Waals surface area contributed by atoms with Gasteiger partial charge in [0, 0.05) is 16.0 Å². The molecule has 172 valence electrons.